The molecule has 0 radical (unpaired) electrons. The molecule has 4 aromatic rings. The molecule has 30 heavy (non-hydrogen) atoms. The van der Waals surface area contributed by atoms with E-state index in [-0.39, 0.29) is 27.9 Å². The Labute approximate surface area is 169 Å². The molecular formula is C22H14F3NO3S. The summed E-state index contributed by atoms with van der Waals surface area (Å²) in [5.41, 5.74) is -0.377. The number of benzene rings is 3. The fourth-order valence-electron chi connectivity index (χ4n) is 3.22. The number of rotatable bonds is 4. The van der Waals surface area contributed by atoms with Crippen molar-refractivity contribution in [2.75, 3.05) is 0 Å². The van der Waals surface area contributed by atoms with E-state index in [0.29, 0.717) is 0 Å². The van der Waals surface area contributed by atoms with Gasteiger partial charge in [0.1, 0.15) is 22.3 Å². The Morgan fingerprint density at radius 2 is 1.50 bits per heavy atom. The van der Waals surface area contributed by atoms with Gasteiger partial charge >= 0.3 is 0 Å². The van der Waals surface area contributed by atoms with Crippen LogP contribution in [-0.4, -0.2) is 13.0 Å². The maximum Gasteiger partial charge on any atom is 0.211 e. The number of hydrogen-bond donors (Lipinski definition) is 0. The lowest BCUT2D eigenvalue weighted by Crippen LogP contribution is -2.20. The molecule has 0 saturated heterocycles. The highest BCUT2D eigenvalue weighted by Gasteiger charge is 2.24. The molecule has 0 unspecified atom stereocenters. The topological polar surface area (TPSA) is 56.1 Å². The van der Waals surface area contributed by atoms with E-state index in [1.54, 1.807) is 6.07 Å². The first-order valence-corrected chi connectivity index (χ1v) is 10.3. The lowest BCUT2D eigenvalue weighted by Gasteiger charge is -2.14. The van der Waals surface area contributed by atoms with Crippen molar-refractivity contribution in [2.24, 2.45) is 0 Å². The highest BCUT2D eigenvalue weighted by molar-refractivity contribution is 7.91. The van der Waals surface area contributed by atoms with Gasteiger partial charge in [-0.3, -0.25) is 4.79 Å². The second kappa shape index (κ2) is 7.46. The van der Waals surface area contributed by atoms with E-state index in [9.17, 15) is 26.4 Å². The molecule has 0 fully saturated rings. The second-order valence-corrected chi connectivity index (χ2v) is 8.58. The minimum Gasteiger partial charge on any atom is -0.341 e. The van der Waals surface area contributed by atoms with Crippen LogP contribution in [0.25, 0.3) is 10.9 Å². The Balaban J connectivity index is 1.99. The van der Waals surface area contributed by atoms with E-state index in [0.717, 1.165) is 42.6 Å². The largest absolute Gasteiger partial charge is 0.341 e. The summed E-state index contributed by atoms with van der Waals surface area (Å²) in [5.74, 6) is -1.85. The van der Waals surface area contributed by atoms with E-state index in [1.165, 1.54) is 28.8 Å². The third-order valence-electron chi connectivity index (χ3n) is 4.72. The number of aromatic nitrogens is 1. The molecule has 4 rings (SSSR count). The molecule has 0 N–H and O–H groups in total. The molecule has 8 heteroatoms. The number of sulfone groups is 1. The second-order valence-electron chi connectivity index (χ2n) is 6.66. The van der Waals surface area contributed by atoms with Crippen molar-refractivity contribution in [2.45, 2.75) is 16.3 Å². The monoisotopic (exact) mass is 429 g/mol. The Kier molecular flexibility index (Phi) is 4.95. The zero-order valence-corrected chi connectivity index (χ0v) is 16.2. The van der Waals surface area contributed by atoms with E-state index in [1.807, 2.05) is 0 Å². The van der Waals surface area contributed by atoms with Gasteiger partial charge in [-0.1, -0.05) is 18.2 Å². The number of fused-ring (bicyclic) bond motifs is 1. The number of hydrogen-bond acceptors (Lipinski definition) is 3. The predicted octanol–water partition coefficient (Wildman–Crippen LogP) is 4.30. The van der Waals surface area contributed by atoms with Crippen molar-refractivity contribution in [3.63, 3.8) is 0 Å². The maximum absolute atomic E-state index is 14.2. The number of halogens is 3. The molecular weight excluding hydrogens is 415 g/mol. The normalized spacial score (nSPS) is 11.7. The van der Waals surface area contributed by atoms with E-state index in [2.05, 4.69) is 0 Å². The molecule has 0 atom stereocenters. The highest BCUT2D eigenvalue weighted by atomic mass is 32.2. The van der Waals surface area contributed by atoms with E-state index in [4.69, 9.17) is 0 Å². The van der Waals surface area contributed by atoms with Crippen molar-refractivity contribution >= 4 is 20.7 Å². The van der Waals surface area contributed by atoms with Gasteiger partial charge in [-0.25, -0.2) is 21.6 Å². The molecule has 0 amide bonds. The van der Waals surface area contributed by atoms with Gasteiger partial charge < -0.3 is 4.57 Å². The van der Waals surface area contributed by atoms with Crippen LogP contribution >= 0.6 is 0 Å². The van der Waals surface area contributed by atoms with Crippen LogP contribution in [0.5, 0.6) is 0 Å². The minimum absolute atomic E-state index is 0.0823. The van der Waals surface area contributed by atoms with Gasteiger partial charge in [0, 0.05) is 17.1 Å². The van der Waals surface area contributed by atoms with Gasteiger partial charge in [0.25, 0.3) is 0 Å². The van der Waals surface area contributed by atoms with Crippen molar-refractivity contribution < 1.29 is 21.6 Å². The summed E-state index contributed by atoms with van der Waals surface area (Å²) in [6, 6.07) is 13.3. The summed E-state index contributed by atoms with van der Waals surface area (Å²) < 4.78 is 68.7. The van der Waals surface area contributed by atoms with Gasteiger partial charge in [0.15, 0.2) is 0 Å². The summed E-state index contributed by atoms with van der Waals surface area (Å²) in [7, 11) is -4.33. The Bertz CT molecular complexity index is 1430. The quantitative estimate of drug-likeness (QED) is 0.455. The van der Waals surface area contributed by atoms with Gasteiger partial charge in [-0.2, -0.15) is 0 Å². The summed E-state index contributed by atoms with van der Waals surface area (Å²) in [5, 5.41) is -0.158. The Hall–Kier alpha value is -3.39. The van der Waals surface area contributed by atoms with Crippen LogP contribution in [0.15, 0.2) is 87.5 Å². The fraction of sp³-hybridized carbons (Fsp3) is 0.0455. The predicted molar refractivity (Wildman–Crippen MR) is 106 cm³/mol. The van der Waals surface area contributed by atoms with Gasteiger partial charge in [-0.05, 0) is 48.5 Å². The first kappa shape index (κ1) is 19.9. The molecule has 0 bridgehead atoms. The maximum atomic E-state index is 14.2. The first-order valence-electron chi connectivity index (χ1n) is 8.84. The third-order valence-corrected chi connectivity index (χ3v) is 6.48. The van der Waals surface area contributed by atoms with E-state index < -0.39 is 37.6 Å². The molecule has 0 spiro atoms. The zero-order valence-electron chi connectivity index (χ0n) is 15.3. The smallest absolute Gasteiger partial charge is 0.211 e. The molecule has 0 aliphatic heterocycles. The lowest BCUT2D eigenvalue weighted by atomic mass is 10.1. The molecule has 0 aliphatic rings. The summed E-state index contributed by atoms with van der Waals surface area (Å²) in [4.78, 5) is 12.0. The van der Waals surface area contributed by atoms with Crippen LogP contribution in [0.2, 0.25) is 0 Å². The number of nitrogens with zero attached hydrogens (tertiary/aromatic N) is 1. The third kappa shape index (κ3) is 3.50. The fourth-order valence-corrected chi connectivity index (χ4v) is 4.58. The van der Waals surface area contributed by atoms with Crippen LogP contribution in [0, 0.1) is 17.5 Å². The van der Waals surface area contributed by atoms with Crippen molar-refractivity contribution in [1.29, 1.82) is 0 Å². The van der Waals surface area contributed by atoms with Crippen LogP contribution in [0.1, 0.15) is 5.56 Å². The molecule has 0 aliphatic carbocycles. The molecule has 0 saturated carbocycles. The van der Waals surface area contributed by atoms with Crippen LogP contribution in [-0.2, 0) is 16.4 Å². The van der Waals surface area contributed by atoms with Crippen molar-refractivity contribution in [1.82, 2.24) is 4.57 Å². The van der Waals surface area contributed by atoms with Crippen LogP contribution in [0.3, 0.4) is 0 Å². The molecule has 1 heterocycles. The first-order chi connectivity index (χ1) is 14.3. The van der Waals surface area contributed by atoms with Crippen LogP contribution < -0.4 is 5.43 Å². The van der Waals surface area contributed by atoms with Gasteiger partial charge in [0.05, 0.1) is 17.0 Å². The molecule has 3 aromatic carbocycles. The average Bonchev–Trinajstić information content (AvgIpc) is 2.72. The highest BCUT2D eigenvalue weighted by Crippen LogP contribution is 2.23. The molecule has 4 nitrogen and oxygen atoms in total. The van der Waals surface area contributed by atoms with Gasteiger partial charge in [0.2, 0.25) is 15.3 Å². The summed E-state index contributed by atoms with van der Waals surface area (Å²) >= 11 is 0. The van der Waals surface area contributed by atoms with E-state index >= 15 is 0 Å². The Morgan fingerprint density at radius 1 is 0.833 bits per heavy atom. The zero-order chi connectivity index (χ0) is 21.5. The number of pyridine rings is 1. The minimum atomic E-state index is -4.33. The van der Waals surface area contributed by atoms with Crippen molar-refractivity contribution in [3.05, 3.63) is 106 Å². The standard InChI is InChI=1S/C22H14F3NO3S/c23-15-5-8-17(9-6-15)30(28,29)21-13-26(12-14-3-1-2-4-19(14)25)20-10-7-16(24)11-18(20)22(21)27/h1-11,13H,12H2. The molecule has 1 aromatic heterocycles. The van der Waals surface area contributed by atoms with Crippen LogP contribution in [0.4, 0.5) is 13.2 Å². The summed E-state index contributed by atoms with van der Waals surface area (Å²) in [6.45, 7) is -0.0823. The van der Waals surface area contributed by atoms with Crippen molar-refractivity contribution in [3.8, 4) is 0 Å². The lowest BCUT2D eigenvalue weighted by molar-refractivity contribution is 0.590. The molecule has 152 valence electrons. The Morgan fingerprint density at radius 3 is 2.20 bits per heavy atom. The van der Waals surface area contributed by atoms with Gasteiger partial charge in [-0.15, -0.1) is 0 Å². The SMILES string of the molecule is O=c1c(S(=O)(=O)c2ccc(F)cc2)cn(Cc2ccccc2F)c2ccc(F)cc12. The summed E-state index contributed by atoms with van der Waals surface area (Å²) in [6.07, 6.45) is 1.10. The average molecular weight is 429 g/mol.